The molecule has 0 aliphatic carbocycles. The van der Waals surface area contributed by atoms with Crippen LogP contribution in [0.15, 0.2) is 30.4 Å². The number of nitro benzene ring substituents is 1. The zero-order chi connectivity index (χ0) is 14.4. The smallest absolute Gasteiger partial charge is 0.269 e. The summed E-state index contributed by atoms with van der Waals surface area (Å²) in [5.74, 6) is -0.764. The number of benzene rings is 1. The van der Waals surface area contributed by atoms with E-state index >= 15 is 0 Å². The number of non-ortho nitro benzene ring substituents is 1. The molecule has 7 heteroatoms. The molecule has 0 saturated carbocycles. The van der Waals surface area contributed by atoms with Crippen molar-refractivity contribution in [3.63, 3.8) is 0 Å². The Bertz CT molecular complexity index is 625. The van der Waals surface area contributed by atoms with Gasteiger partial charge >= 0.3 is 0 Å². The lowest BCUT2D eigenvalue weighted by atomic mass is 9.88. The molecule has 0 fully saturated rings. The summed E-state index contributed by atoms with van der Waals surface area (Å²) in [5.41, 5.74) is -2.58. The summed E-state index contributed by atoms with van der Waals surface area (Å²) in [6.07, 6.45) is 0.264. The molecule has 0 aromatic heterocycles. The Kier molecular flexibility index (Phi) is 2.71. The van der Waals surface area contributed by atoms with Crippen LogP contribution in [0.4, 0.5) is 11.4 Å². The molecule has 1 amide bonds. The van der Waals surface area contributed by atoms with E-state index in [2.05, 4.69) is 6.58 Å². The zero-order valence-electron chi connectivity index (χ0n) is 9.99. The fraction of sp³-hybridized carbons (Fsp3) is 0.167. The van der Waals surface area contributed by atoms with Crippen LogP contribution >= 0.6 is 0 Å². The van der Waals surface area contributed by atoms with Crippen LogP contribution in [0.5, 0.6) is 0 Å². The summed E-state index contributed by atoms with van der Waals surface area (Å²) in [6.45, 7) is 3.35. The molecule has 1 aliphatic heterocycles. The van der Waals surface area contributed by atoms with Crippen LogP contribution in [0.3, 0.4) is 0 Å². The highest BCUT2D eigenvalue weighted by Gasteiger charge is 2.51. The first-order valence-corrected chi connectivity index (χ1v) is 5.28. The fourth-order valence-corrected chi connectivity index (χ4v) is 2.08. The first-order chi connectivity index (χ1) is 8.83. The van der Waals surface area contributed by atoms with Gasteiger partial charge in [-0.2, -0.15) is 0 Å². The van der Waals surface area contributed by atoms with Crippen LogP contribution in [0.1, 0.15) is 5.56 Å². The van der Waals surface area contributed by atoms with Crippen molar-refractivity contribution in [1.82, 2.24) is 0 Å². The lowest BCUT2D eigenvalue weighted by Gasteiger charge is -2.20. The van der Waals surface area contributed by atoms with E-state index in [4.69, 9.17) is 0 Å². The highest BCUT2D eigenvalue weighted by molar-refractivity contribution is 6.11. The second-order valence-corrected chi connectivity index (χ2v) is 4.18. The zero-order valence-corrected chi connectivity index (χ0v) is 9.99. The largest absolute Gasteiger partial charge is 0.372 e. The van der Waals surface area contributed by atoms with Gasteiger partial charge in [-0.15, -0.1) is 0 Å². The van der Waals surface area contributed by atoms with Crippen LogP contribution in [0.2, 0.25) is 0 Å². The molecular formula is C12H10N2O5. The number of carbonyl (C=O) groups excluding carboxylic acids is 2. The van der Waals surface area contributed by atoms with Gasteiger partial charge in [0, 0.05) is 30.3 Å². The van der Waals surface area contributed by atoms with E-state index in [1.807, 2.05) is 0 Å². The van der Waals surface area contributed by atoms with Gasteiger partial charge in [0.05, 0.1) is 10.6 Å². The number of rotatable bonds is 3. The van der Waals surface area contributed by atoms with Crippen LogP contribution in [0, 0.1) is 10.1 Å². The fourth-order valence-electron chi connectivity index (χ4n) is 2.08. The predicted octanol–water partition coefficient (Wildman–Crippen LogP) is 0.514. The maximum absolute atomic E-state index is 12.1. The Morgan fingerprint density at radius 3 is 2.74 bits per heavy atom. The third-order valence-electron chi connectivity index (χ3n) is 3.16. The first-order valence-electron chi connectivity index (χ1n) is 5.28. The van der Waals surface area contributed by atoms with E-state index in [-0.39, 0.29) is 23.1 Å². The number of anilines is 1. The highest BCUT2D eigenvalue weighted by atomic mass is 16.6. The Balaban J connectivity index is 2.73. The number of carbonyl (C=O) groups is 2. The molecule has 1 atom stereocenters. The van der Waals surface area contributed by atoms with Gasteiger partial charge in [0.15, 0.2) is 5.60 Å². The third-order valence-corrected chi connectivity index (χ3v) is 3.16. The number of amides is 1. The second kappa shape index (κ2) is 3.99. The van der Waals surface area contributed by atoms with E-state index in [1.165, 1.54) is 19.2 Å². The third kappa shape index (κ3) is 1.55. The van der Waals surface area contributed by atoms with E-state index in [9.17, 15) is 24.8 Å². The van der Waals surface area contributed by atoms with E-state index in [0.29, 0.717) is 5.69 Å². The van der Waals surface area contributed by atoms with Crippen molar-refractivity contribution in [3.8, 4) is 0 Å². The molecule has 1 N–H and O–H groups in total. The molecule has 0 bridgehead atoms. The van der Waals surface area contributed by atoms with Gasteiger partial charge in [0.2, 0.25) is 0 Å². The van der Waals surface area contributed by atoms with Gasteiger partial charge in [0.1, 0.15) is 6.29 Å². The topological polar surface area (TPSA) is 101 Å². The minimum atomic E-state index is -2.24. The summed E-state index contributed by atoms with van der Waals surface area (Å²) >= 11 is 0. The molecule has 0 saturated heterocycles. The van der Waals surface area contributed by atoms with E-state index in [0.717, 1.165) is 11.0 Å². The number of hydrogen-bond donors (Lipinski definition) is 1. The number of aldehydes is 1. The molecular weight excluding hydrogens is 252 g/mol. The molecule has 7 nitrogen and oxygen atoms in total. The molecule has 98 valence electrons. The quantitative estimate of drug-likeness (QED) is 0.370. The number of likely N-dealkylation sites (N-methyl/N-ethyl adjacent to an activating group) is 1. The Morgan fingerprint density at radius 1 is 1.58 bits per heavy atom. The molecule has 1 heterocycles. The maximum Gasteiger partial charge on any atom is 0.269 e. The highest BCUT2D eigenvalue weighted by Crippen LogP contribution is 2.44. The summed E-state index contributed by atoms with van der Waals surface area (Å²) in [5, 5.41) is 21.2. The van der Waals surface area contributed by atoms with Gasteiger partial charge < -0.3 is 10.0 Å². The average Bonchev–Trinajstić information content (AvgIpc) is 2.60. The number of nitro groups is 1. The number of fused-ring (bicyclic) bond motifs is 1. The summed E-state index contributed by atoms with van der Waals surface area (Å²) < 4.78 is 0. The van der Waals surface area contributed by atoms with Gasteiger partial charge in [-0.3, -0.25) is 19.7 Å². The molecule has 1 aromatic carbocycles. The Morgan fingerprint density at radius 2 is 2.21 bits per heavy atom. The normalized spacial score (nSPS) is 21.2. The van der Waals surface area contributed by atoms with E-state index < -0.39 is 16.4 Å². The standard InChI is InChI=1S/C12H10N2O5/c1-7(6-15)12(17)9-5-8(14(18)19)3-4-10(9)13(2)11(12)16/h3-6,17H,1H2,2H3/t12-/m0/s1. The number of hydrogen-bond acceptors (Lipinski definition) is 5. The Labute approximate surface area is 107 Å². The van der Waals surface area contributed by atoms with Crippen molar-refractivity contribution in [3.05, 3.63) is 46.0 Å². The van der Waals surface area contributed by atoms with Crippen LogP contribution in [0.25, 0.3) is 0 Å². The first kappa shape index (κ1) is 12.9. The second-order valence-electron chi connectivity index (χ2n) is 4.18. The van der Waals surface area contributed by atoms with Crippen molar-refractivity contribution >= 4 is 23.6 Å². The molecule has 0 spiro atoms. The van der Waals surface area contributed by atoms with Gasteiger partial charge in [-0.05, 0) is 6.07 Å². The number of nitrogens with zero attached hydrogens (tertiary/aromatic N) is 2. The van der Waals surface area contributed by atoms with Gasteiger partial charge in [-0.25, -0.2) is 0 Å². The van der Waals surface area contributed by atoms with Crippen molar-refractivity contribution < 1.29 is 19.6 Å². The Hall–Kier alpha value is -2.54. The summed E-state index contributed by atoms with van der Waals surface area (Å²) in [6, 6.07) is 3.64. The van der Waals surface area contributed by atoms with Crippen LogP contribution in [-0.2, 0) is 15.2 Å². The summed E-state index contributed by atoms with van der Waals surface area (Å²) in [7, 11) is 1.41. The van der Waals surface area contributed by atoms with Crippen LogP contribution < -0.4 is 4.90 Å². The number of aliphatic hydroxyl groups is 1. The minimum absolute atomic E-state index is 0.00806. The summed E-state index contributed by atoms with van der Waals surface area (Å²) in [4.78, 5) is 34.1. The van der Waals surface area contributed by atoms with Crippen molar-refractivity contribution in [2.24, 2.45) is 0 Å². The van der Waals surface area contributed by atoms with Crippen molar-refractivity contribution in [2.45, 2.75) is 5.60 Å². The maximum atomic E-state index is 12.1. The van der Waals surface area contributed by atoms with Crippen LogP contribution in [-0.4, -0.2) is 29.3 Å². The lowest BCUT2D eigenvalue weighted by Crippen LogP contribution is -2.40. The average molecular weight is 262 g/mol. The molecule has 1 aliphatic rings. The van der Waals surface area contributed by atoms with Gasteiger partial charge in [0.25, 0.3) is 11.6 Å². The predicted molar refractivity (Wildman–Crippen MR) is 65.6 cm³/mol. The molecule has 2 rings (SSSR count). The van der Waals surface area contributed by atoms with Gasteiger partial charge in [-0.1, -0.05) is 6.58 Å². The SMILES string of the molecule is C=C(C=O)[C@@]1(O)C(=O)N(C)c2ccc([N+](=O)[O-])cc21. The monoisotopic (exact) mass is 262 g/mol. The minimum Gasteiger partial charge on any atom is -0.372 e. The lowest BCUT2D eigenvalue weighted by molar-refractivity contribution is -0.385. The molecule has 19 heavy (non-hydrogen) atoms. The van der Waals surface area contributed by atoms with Crippen molar-refractivity contribution in [1.29, 1.82) is 0 Å². The molecule has 0 unspecified atom stereocenters. The molecule has 1 aromatic rings. The van der Waals surface area contributed by atoms with Crippen molar-refractivity contribution in [2.75, 3.05) is 11.9 Å². The van der Waals surface area contributed by atoms with E-state index in [1.54, 1.807) is 0 Å². The molecule has 0 radical (unpaired) electrons.